The van der Waals surface area contributed by atoms with Crippen LogP contribution in [0.2, 0.25) is 0 Å². The van der Waals surface area contributed by atoms with Crippen molar-refractivity contribution in [1.29, 1.82) is 0 Å². The lowest BCUT2D eigenvalue weighted by atomic mass is 10.00. The van der Waals surface area contributed by atoms with Crippen LogP contribution in [0.4, 0.5) is 0 Å². The van der Waals surface area contributed by atoms with Crippen molar-refractivity contribution in [2.75, 3.05) is 39.6 Å². The van der Waals surface area contributed by atoms with Gasteiger partial charge in [0.1, 0.15) is 19.3 Å². The first-order valence-electron chi connectivity index (χ1n) is 37.2. The molecule has 0 saturated carbocycles. The van der Waals surface area contributed by atoms with Gasteiger partial charge in [-0.25, -0.2) is 9.13 Å². The molecule has 0 radical (unpaired) electrons. The maximum atomic E-state index is 13.0. The van der Waals surface area contributed by atoms with E-state index < -0.39 is 97.5 Å². The van der Waals surface area contributed by atoms with E-state index in [1.165, 1.54) is 135 Å². The monoisotopic (exact) mass is 1350 g/mol. The minimum absolute atomic E-state index is 0.0843. The summed E-state index contributed by atoms with van der Waals surface area (Å²) in [5, 5.41) is 10.6. The molecule has 0 aromatic heterocycles. The van der Waals surface area contributed by atoms with Crippen LogP contribution in [-0.4, -0.2) is 96.7 Å². The van der Waals surface area contributed by atoms with Crippen LogP contribution in [0.25, 0.3) is 0 Å². The molecular formula is C73H138O17P2. The fourth-order valence-electron chi connectivity index (χ4n) is 10.5. The zero-order valence-electron chi connectivity index (χ0n) is 59.5. The quantitative estimate of drug-likeness (QED) is 0.0169. The van der Waals surface area contributed by atoms with E-state index in [2.05, 4.69) is 72.8 Å². The summed E-state index contributed by atoms with van der Waals surface area (Å²) in [6.07, 6.45) is 50.7. The SMILES string of the molecule is CCCCCC/C=C\C=C/CCCCCCCC(=O)O[C@H](COC(=O)CCCCCCCCCCCCC(C)C)COP(=O)(O)OC[C@@H](O)COP(=O)(O)OC[C@@H](COC(=O)CCCCCCCCC(C)CC)OC(=O)CCCCCCCCCCCCCC(C)C. The second kappa shape index (κ2) is 63.3. The third kappa shape index (κ3) is 64.9. The number of carbonyl (C=O) groups is 4. The van der Waals surface area contributed by atoms with E-state index in [4.69, 9.17) is 37.0 Å². The average Bonchev–Trinajstić information content (AvgIpc) is 2.20. The van der Waals surface area contributed by atoms with E-state index in [1.807, 2.05) is 0 Å². The highest BCUT2D eigenvalue weighted by molar-refractivity contribution is 7.47. The van der Waals surface area contributed by atoms with Crippen molar-refractivity contribution in [2.24, 2.45) is 17.8 Å². The molecule has 17 nitrogen and oxygen atoms in total. The maximum absolute atomic E-state index is 13.0. The number of phosphoric ester groups is 2. The van der Waals surface area contributed by atoms with Gasteiger partial charge in [0.15, 0.2) is 12.2 Å². The smallest absolute Gasteiger partial charge is 0.462 e. The topological polar surface area (TPSA) is 237 Å². The van der Waals surface area contributed by atoms with Crippen molar-refractivity contribution in [3.05, 3.63) is 24.3 Å². The number of aliphatic hydroxyl groups excluding tert-OH is 1. The Bertz CT molecular complexity index is 1900. The van der Waals surface area contributed by atoms with Crippen molar-refractivity contribution >= 4 is 39.5 Å². The van der Waals surface area contributed by atoms with Crippen LogP contribution in [-0.2, 0) is 65.4 Å². The molecule has 0 fully saturated rings. The lowest BCUT2D eigenvalue weighted by Gasteiger charge is -2.21. The summed E-state index contributed by atoms with van der Waals surface area (Å²) in [5.74, 6) is 0.0950. The molecule has 0 amide bonds. The molecule has 3 unspecified atom stereocenters. The van der Waals surface area contributed by atoms with Crippen molar-refractivity contribution < 1.29 is 80.2 Å². The van der Waals surface area contributed by atoms with Gasteiger partial charge in [-0.05, 0) is 69.1 Å². The first-order valence-corrected chi connectivity index (χ1v) is 40.2. The van der Waals surface area contributed by atoms with Gasteiger partial charge in [0.05, 0.1) is 26.4 Å². The van der Waals surface area contributed by atoms with Crippen LogP contribution in [0.15, 0.2) is 24.3 Å². The first-order chi connectivity index (χ1) is 44.3. The molecule has 542 valence electrons. The molecule has 0 bridgehead atoms. The fourth-order valence-corrected chi connectivity index (χ4v) is 12.1. The average molecular weight is 1350 g/mol. The number of hydrogen-bond acceptors (Lipinski definition) is 15. The molecule has 92 heavy (non-hydrogen) atoms. The van der Waals surface area contributed by atoms with Gasteiger partial charge in [0, 0.05) is 25.7 Å². The van der Waals surface area contributed by atoms with Gasteiger partial charge in [-0.1, -0.05) is 291 Å². The Balaban J connectivity index is 5.30. The highest BCUT2D eigenvalue weighted by Crippen LogP contribution is 2.45. The van der Waals surface area contributed by atoms with Gasteiger partial charge in [-0.3, -0.25) is 37.3 Å². The Morgan fingerprint density at radius 1 is 0.359 bits per heavy atom. The predicted octanol–water partition coefficient (Wildman–Crippen LogP) is 20.6. The molecule has 0 aliphatic carbocycles. The molecular weight excluding hydrogens is 1210 g/mol. The zero-order valence-corrected chi connectivity index (χ0v) is 61.3. The summed E-state index contributed by atoms with van der Waals surface area (Å²) < 4.78 is 68.4. The second-order valence-electron chi connectivity index (χ2n) is 26.8. The number of phosphoric acid groups is 2. The number of hydrogen-bond donors (Lipinski definition) is 3. The van der Waals surface area contributed by atoms with Crippen LogP contribution in [0.3, 0.4) is 0 Å². The number of allylic oxidation sites excluding steroid dienone is 4. The highest BCUT2D eigenvalue weighted by atomic mass is 31.2. The summed E-state index contributed by atoms with van der Waals surface area (Å²) in [6, 6.07) is 0. The Morgan fingerprint density at radius 3 is 0.967 bits per heavy atom. The fraction of sp³-hybridized carbons (Fsp3) is 0.890. The standard InChI is InChI=1S/C73H138O17P2/c1-8-10-11-12-13-14-15-16-17-18-21-28-33-42-49-56-72(77)89-68(60-83-70(75)54-47-40-32-27-24-23-26-31-38-45-52-65(5)6)62-87-91(79,80)85-58-67(74)59-86-92(81,82)88-63-69(61-84-71(76)55-48-41-36-35-39-46-53-66(7)9-2)90-73(78)57-50-43-34-29-22-19-20-25-30-37-44-51-64(3)4/h14-17,64-69,74H,8-13,18-63H2,1-7H3,(H,79,80)(H,81,82)/b15-14-,17-16-/t66?,67-,68-,69-/m1/s1. The Labute approximate surface area is 561 Å². The molecule has 0 rings (SSSR count). The van der Waals surface area contributed by atoms with Gasteiger partial charge in [0.2, 0.25) is 0 Å². The van der Waals surface area contributed by atoms with Crippen LogP contribution in [0.1, 0.15) is 344 Å². The van der Waals surface area contributed by atoms with E-state index in [0.29, 0.717) is 25.7 Å². The number of carbonyl (C=O) groups excluding carboxylic acids is 4. The molecule has 0 aliphatic heterocycles. The molecule has 0 spiro atoms. The molecule has 0 heterocycles. The van der Waals surface area contributed by atoms with E-state index in [9.17, 15) is 43.2 Å². The highest BCUT2D eigenvalue weighted by Gasteiger charge is 2.30. The molecule has 19 heteroatoms. The Kier molecular flexibility index (Phi) is 61.6. The maximum Gasteiger partial charge on any atom is 0.472 e. The first kappa shape index (κ1) is 89.5. The lowest BCUT2D eigenvalue weighted by molar-refractivity contribution is -0.161. The normalized spacial score (nSPS) is 14.6. The van der Waals surface area contributed by atoms with E-state index in [-0.39, 0.29) is 25.7 Å². The molecule has 3 N–H and O–H groups in total. The summed E-state index contributed by atoms with van der Waals surface area (Å²) in [6.45, 7) is 11.8. The number of ether oxygens (including phenoxy) is 4. The van der Waals surface area contributed by atoms with Crippen molar-refractivity contribution in [3.8, 4) is 0 Å². The predicted molar refractivity (Wildman–Crippen MR) is 372 cm³/mol. The summed E-state index contributed by atoms with van der Waals surface area (Å²) in [4.78, 5) is 72.7. The van der Waals surface area contributed by atoms with Crippen LogP contribution >= 0.6 is 15.6 Å². The van der Waals surface area contributed by atoms with Crippen molar-refractivity contribution in [2.45, 2.75) is 362 Å². The molecule has 6 atom stereocenters. The minimum Gasteiger partial charge on any atom is -0.462 e. The van der Waals surface area contributed by atoms with E-state index in [0.717, 1.165) is 127 Å². The molecule has 0 aliphatic rings. The number of esters is 4. The van der Waals surface area contributed by atoms with Crippen molar-refractivity contribution in [3.63, 3.8) is 0 Å². The Morgan fingerprint density at radius 2 is 0.641 bits per heavy atom. The summed E-state index contributed by atoms with van der Waals surface area (Å²) >= 11 is 0. The Hall–Kier alpha value is -2.46. The summed E-state index contributed by atoms with van der Waals surface area (Å²) in [5.41, 5.74) is 0. The van der Waals surface area contributed by atoms with E-state index in [1.54, 1.807) is 0 Å². The van der Waals surface area contributed by atoms with Gasteiger partial charge < -0.3 is 33.8 Å². The molecule has 0 saturated heterocycles. The third-order valence-electron chi connectivity index (χ3n) is 16.6. The van der Waals surface area contributed by atoms with Crippen LogP contribution in [0.5, 0.6) is 0 Å². The largest absolute Gasteiger partial charge is 0.472 e. The van der Waals surface area contributed by atoms with Crippen molar-refractivity contribution in [1.82, 2.24) is 0 Å². The molecule has 0 aromatic rings. The van der Waals surface area contributed by atoms with Gasteiger partial charge in [-0.2, -0.15) is 0 Å². The second-order valence-corrected chi connectivity index (χ2v) is 29.7. The third-order valence-corrected chi connectivity index (χ3v) is 18.5. The van der Waals surface area contributed by atoms with Gasteiger partial charge >= 0.3 is 39.5 Å². The minimum atomic E-state index is -4.96. The van der Waals surface area contributed by atoms with Gasteiger partial charge in [0.25, 0.3) is 0 Å². The zero-order chi connectivity index (χ0) is 68.0. The van der Waals surface area contributed by atoms with Crippen LogP contribution in [0, 0.1) is 17.8 Å². The van der Waals surface area contributed by atoms with Crippen LogP contribution < -0.4 is 0 Å². The number of unbranched alkanes of at least 4 members (excludes halogenated alkanes) is 33. The number of rotatable bonds is 69. The van der Waals surface area contributed by atoms with E-state index >= 15 is 0 Å². The molecule has 0 aromatic carbocycles. The lowest BCUT2D eigenvalue weighted by Crippen LogP contribution is -2.30. The van der Waals surface area contributed by atoms with Gasteiger partial charge in [-0.15, -0.1) is 0 Å². The summed E-state index contributed by atoms with van der Waals surface area (Å²) in [7, 11) is -9.92. The number of aliphatic hydroxyl groups is 1.